The first-order chi connectivity index (χ1) is 20.8. The van der Waals surface area contributed by atoms with E-state index in [1.807, 2.05) is 24.3 Å². The van der Waals surface area contributed by atoms with Gasteiger partial charge in [0.05, 0.1) is 12.6 Å². The quantitative estimate of drug-likeness (QED) is 0.387. The van der Waals surface area contributed by atoms with Crippen molar-refractivity contribution in [3.63, 3.8) is 0 Å². The zero-order valence-corrected chi connectivity index (χ0v) is 27.8. The monoisotopic (exact) mass is 604 g/mol. The number of likely N-dealkylation sites (tertiary alicyclic amines) is 1. The molecule has 1 saturated heterocycles. The van der Waals surface area contributed by atoms with E-state index in [-0.39, 0.29) is 29.8 Å². The maximum Gasteiger partial charge on any atom is 0.291 e. The molecule has 1 aliphatic carbocycles. The number of aromatic nitrogens is 4. The van der Waals surface area contributed by atoms with Crippen LogP contribution < -0.4 is 5.32 Å². The van der Waals surface area contributed by atoms with Gasteiger partial charge in [0, 0.05) is 18.7 Å². The smallest absolute Gasteiger partial charge is 0.291 e. The van der Waals surface area contributed by atoms with Crippen molar-refractivity contribution in [2.24, 2.45) is 27.7 Å². The van der Waals surface area contributed by atoms with Crippen molar-refractivity contribution >= 4 is 17.6 Å². The van der Waals surface area contributed by atoms with Crippen LogP contribution in [0.1, 0.15) is 128 Å². The van der Waals surface area contributed by atoms with E-state index in [1.54, 1.807) is 0 Å². The summed E-state index contributed by atoms with van der Waals surface area (Å²) in [4.78, 5) is 37.4. The van der Waals surface area contributed by atoms with E-state index in [4.69, 9.17) is 4.99 Å². The summed E-state index contributed by atoms with van der Waals surface area (Å²) in [6, 6.07) is 7.66. The number of aromatic amines is 1. The van der Waals surface area contributed by atoms with Crippen molar-refractivity contribution in [1.82, 2.24) is 35.7 Å². The zero-order valence-electron chi connectivity index (χ0n) is 27.8. The number of piperidine rings is 1. The van der Waals surface area contributed by atoms with Gasteiger partial charge in [0.2, 0.25) is 0 Å². The number of amides is 2. The lowest BCUT2D eigenvalue weighted by molar-refractivity contribution is -0.134. The Kier molecular flexibility index (Phi) is 9.19. The molecule has 3 heterocycles. The van der Waals surface area contributed by atoms with E-state index in [2.05, 4.69) is 84.2 Å². The van der Waals surface area contributed by atoms with Gasteiger partial charge < -0.3 is 15.1 Å². The van der Waals surface area contributed by atoms with Crippen molar-refractivity contribution in [3.8, 4) is 0 Å². The summed E-state index contributed by atoms with van der Waals surface area (Å²) in [7, 11) is 0. The summed E-state index contributed by atoms with van der Waals surface area (Å²) in [5, 5.41) is 16.6. The lowest BCUT2D eigenvalue weighted by Gasteiger charge is -2.47. The van der Waals surface area contributed by atoms with Crippen LogP contribution in [0.2, 0.25) is 0 Å². The Morgan fingerprint density at radius 3 is 2.27 bits per heavy atom. The molecule has 1 atom stereocenters. The number of aliphatic imine (C=N–C) groups is 1. The van der Waals surface area contributed by atoms with Crippen LogP contribution in [0.3, 0.4) is 0 Å². The number of H-pyrrole nitrogens is 1. The molecule has 0 radical (unpaired) electrons. The van der Waals surface area contributed by atoms with Crippen LogP contribution in [0.25, 0.3) is 0 Å². The fraction of sp³-hybridized carbons (Fsp3) is 0.706. The maximum atomic E-state index is 14.6. The van der Waals surface area contributed by atoms with Crippen LogP contribution in [0.4, 0.5) is 0 Å². The van der Waals surface area contributed by atoms with E-state index in [0.717, 1.165) is 70.0 Å². The van der Waals surface area contributed by atoms with Gasteiger partial charge in [-0.25, -0.2) is 4.99 Å². The first-order valence-corrected chi connectivity index (χ1v) is 16.6. The molecule has 44 heavy (non-hydrogen) atoms. The number of benzene rings is 1. The van der Waals surface area contributed by atoms with Gasteiger partial charge >= 0.3 is 0 Å². The van der Waals surface area contributed by atoms with Gasteiger partial charge in [-0.1, -0.05) is 65.8 Å². The largest absolute Gasteiger partial charge is 0.352 e. The summed E-state index contributed by atoms with van der Waals surface area (Å²) < 4.78 is 0. The average molecular weight is 605 g/mol. The normalized spacial score (nSPS) is 24.6. The van der Waals surface area contributed by atoms with Crippen LogP contribution >= 0.6 is 0 Å². The summed E-state index contributed by atoms with van der Waals surface area (Å²) in [5.41, 5.74) is 1.61. The molecule has 3 aliphatic rings. The number of nitrogens with one attached hydrogen (secondary N) is 2. The van der Waals surface area contributed by atoms with Crippen LogP contribution in [0, 0.1) is 22.7 Å². The Bertz CT molecular complexity index is 1310. The van der Waals surface area contributed by atoms with Crippen molar-refractivity contribution < 1.29 is 9.59 Å². The van der Waals surface area contributed by atoms with E-state index in [0.29, 0.717) is 34.5 Å². The molecule has 2 aromatic rings. The highest BCUT2D eigenvalue weighted by Crippen LogP contribution is 2.50. The molecule has 2 aliphatic heterocycles. The molecule has 10 nitrogen and oxygen atoms in total. The molecule has 240 valence electrons. The van der Waals surface area contributed by atoms with Gasteiger partial charge in [-0.2, -0.15) is 5.21 Å². The topological polar surface area (TPSA) is 119 Å². The van der Waals surface area contributed by atoms with Crippen LogP contribution in [-0.4, -0.2) is 66.8 Å². The Hall–Kier alpha value is -3.30. The third-order valence-corrected chi connectivity index (χ3v) is 10.3. The van der Waals surface area contributed by atoms with Gasteiger partial charge in [-0.05, 0) is 91.7 Å². The third kappa shape index (κ3) is 6.99. The van der Waals surface area contributed by atoms with Crippen molar-refractivity contribution in [2.45, 2.75) is 118 Å². The van der Waals surface area contributed by atoms with Gasteiger partial charge in [-0.15, -0.1) is 10.2 Å². The molecule has 1 aromatic carbocycles. The summed E-state index contributed by atoms with van der Waals surface area (Å²) in [5.74, 6) is 2.09. The second-order valence-corrected chi connectivity index (χ2v) is 15.5. The molecule has 0 unspecified atom stereocenters. The molecule has 5 rings (SSSR count). The highest BCUT2D eigenvalue weighted by atomic mass is 16.2. The first kappa shape index (κ1) is 32.1. The second kappa shape index (κ2) is 12.6. The molecule has 2 N–H and O–H groups in total. The van der Waals surface area contributed by atoms with E-state index in [1.165, 1.54) is 0 Å². The minimum Gasteiger partial charge on any atom is -0.352 e. The predicted octanol–water partition coefficient (Wildman–Crippen LogP) is 5.90. The van der Waals surface area contributed by atoms with Gasteiger partial charge in [0.25, 0.3) is 11.8 Å². The number of tetrazole rings is 1. The molecular formula is C34H52N8O2. The number of hydrogen-bond acceptors (Lipinski definition) is 7. The van der Waals surface area contributed by atoms with E-state index < -0.39 is 5.66 Å². The minimum atomic E-state index is -0.524. The zero-order chi connectivity index (χ0) is 31.7. The minimum absolute atomic E-state index is 0.0783. The summed E-state index contributed by atoms with van der Waals surface area (Å²) in [6.07, 6.45) is 7.87. The highest BCUT2D eigenvalue weighted by Gasteiger charge is 2.53. The Morgan fingerprint density at radius 2 is 1.70 bits per heavy atom. The standard InChI is InChI=1S/C34H52N8O2/c1-23(2)8-13-27(24-9-11-25(12-10-24)30(43)35-22-28-37-39-40-38-28)42-31(44)29(41-20-18-33(6,7)19-21-41)36-34(42)16-14-26(15-17-34)32(3,4)5/h9-12,23,26-27H,8,13-22H2,1-7H3,(H,35,43)(H,37,38,39,40)/t26?,27-,34?/m1/s1. The molecule has 1 aromatic heterocycles. The predicted molar refractivity (Wildman–Crippen MR) is 172 cm³/mol. The van der Waals surface area contributed by atoms with Crippen molar-refractivity contribution in [2.75, 3.05) is 13.1 Å². The number of rotatable bonds is 8. The lowest BCUT2D eigenvalue weighted by Crippen LogP contribution is -2.52. The number of nitrogens with zero attached hydrogens (tertiary/aromatic N) is 6. The summed E-state index contributed by atoms with van der Waals surface area (Å²) >= 11 is 0. The maximum absolute atomic E-state index is 14.6. The second-order valence-electron chi connectivity index (χ2n) is 15.5. The number of hydrogen-bond donors (Lipinski definition) is 2. The lowest BCUT2D eigenvalue weighted by atomic mass is 9.69. The van der Waals surface area contributed by atoms with Crippen LogP contribution in [0.15, 0.2) is 29.3 Å². The van der Waals surface area contributed by atoms with E-state index >= 15 is 0 Å². The molecule has 1 spiro atoms. The Morgan fingerprint density at radius 1 is 1.05 bits per heavy atom. The van der Waals surface area contributed by atoms with E-state index in [9.17, 15) is 9.59 Å². The fourth-order valence-electron chi connectivity index (χ4n) is 7.17. The van der Waals surface area contributed by atoms with Gasteiger partial charge in [0.1, 0.15) is 5.66 Å². The van der Waals surface area contributed by atoms with Gasteiger partial charge in [0.15, 0.2) is 11.7 Å². The fourth-order valence-corrected chi connectivity index (χ4v) is 7.17. The molecule has 1 saturated carbocycles. The average Bonchev–Trinajstić information content (AvgIpc) is 3.59. The highest BCUT2D eigenvalue weighted by molar-refractivity contribution is 6.39. The molecule has 2 amide bonds. The Labute approximate surface area is 262 Å². The van der Waals surface area contributed by atoms with Crippen LogP contribution in [0.5, 0.6) is 0 Å². The molecule has 10 heteroatoms. The molecular weight excluding hydrogens is 552 g/mol. The number of carbonyl (C=O) groups excluding carboxylic acids is 2. The molecule has 0 bridgehead atoms. The van der Waals surface area contributed by atoms with Crippen molar-refractivity contribution in [1.29, 1.82) is 0 Å². The number of amidine groups is 1. The number of carbonyl (C=O) groups is 2. The first-order valence-electron chi connectivity index (χ1n) is 16.6. The molecule has 2 fully saturated rings. The SMILES string of the molecule is CC(C)CC[C@H](c1ccc(C(=O)NCc2nn[nH]n2)cc1)N1C(=O)C(N2CCC(C)(C)CC2)=NC12CCC(C(C)(C)C)CC2. The third-order valence-electron chi connectivity index (χ3n) is 10.3. The van der Waals surface area contributed by atoms with Gasteiger partial charge in [-0.3, -0.25) is 9.59 Å². The Balaban J connectivity index is 1.44. The van der Waals surface area contributed by atoms with Crippen molar-refractivity contribution in [3.05, 3.63) is 41.2 Å². The van der Waals surface area contributed by atoms with Crippen LogP contribution in [-0.2, 0) is 11.3 Å². The summed E-state index contributed by atoms with van der Waals surface area (Å²) in [6.45, 7) is 18.1.